The molecule has 5 nitrogen and oxygen atoms in total. The molecule has 0 radical (unpaired) electrons. The van der Waals surface area contributed by atoms with Crippen LogP contribution in [0.25, 0.3) is 0 Å². The first-order valence-electron chi connectivity index (χ1n) is 21.0. The molecule has 0 bridgehead atoms. The summed E-state index contributed by atoms with van der Waals surface area (Å²) in [6, 6.07) is 0. The lowest BCUT2D eigenvalue weighted by Crippen LogP contribution is -2.49. The van der Waals surface area contributed by atoms with Gasteiger partial charge in [-0.05, 0) is 77.6 Å². The third kappa shape index (κ3) is 30.8. The van der Waals surface area contributed by atoms with E-state index in [1.807, 2.05) is 6.92 Å². The van der Waals surface area contributed by atoms with Gasteiger partial charge in [0.05, 0.1) is 7.11 Å². The molecule has 0 amide bonds. The van der Waals surface area contributed by atoms with Crippen LogP contribution in [-0.2, 0) is 19.1 Å². The summed E-state index contributed by atoms with van der Waals surface area (Å²) in [6.45, 7) is 6.35. The summed E-state index contributed by atoms with van der Waals surface area (Å²) in [5.41, 5.74) is 5.75. The second kappa shape index (κ2) is 34.7. The molecule has 0 rings (SSSR count). The van der Waals surface area contributed by atoms with Crippen molar-refractivity contribution in [1.82, 2.24) is 0 Å². The average Bonchev–Trinajstić information content (AvgIpc) is 3.09. The van der Waals surface area contributed by atoms with Crippen molar-refractivity contribution in [3.8, 4) is 0 Å². The van der Waals surface area contributed by atoms with E-state index in [0.717, 1.165) is 51.4 Å². The molecule has 2 N–H and O–H groups in total. The minimum absolute atomic E-state index is 0.0744. The number of hydrogen-bond donors (Lipinski definition) is 1. The van der Waals surface area contributed by atoms with Gasteiger partial charge in [0, 0.05) is 37.1 Å². The van der Waals surface area contributed by atoms with Gasteiger partial charge in [-0.25, -0.2) is 0 Å². The number of hydrogen-bond acceptors (Lipinski definition) is 5. The van der Waals surface area contributed by atoms with Crippen molar-refractivity contribution in [1.29, 1.82) is 0 Å². The summed E-state index contributed by atoms with van der Waals surface area (Å²) >= 11 is 0. The molecule has 2 unspecified atom stereocenters. The zero-order chi connectivity index (χ0) is 36.3. The number of Topliss-reactive ketones (excluding diaryl/α,β-unsaturated/α-hetero) is 2. The van der Waals surface area contributed by atoms with Gasteiger partial charge in [0.15, 0.2) is 0 Å². The summed E-state index contributed by atoms with van der Waals surface area (Å²) in [6.07, 6.45) is 42.7. The standard InChI is InChI=1S/C44H81NO4/c1-5-7-9-11-13-15-17-19-21-23-25-27-29-31-33-35-40(46)39-41(44(3,45)38-37-43(48)49-4)42(47)36-34-32-30-28-26-24-22-20-18-16-14-12-10-8-6-2/h19-22,41H,5-18,23-39,45H2,1-4H3/b21-19-,22-20-. The predicted octanol–water partition coefficient (Wildman–Crippen LogP) is 12.9. The topological polar surface area (TPSA) is 86.5 Å². The van der Waals surface area contributed by atoms with E-state index in [2.05, 4.69) is 38.2 Å². The fourth-order valence-corrected chi connectivity index (χ4v) is 6.63. The average molecular weight is 688 g/mol. The number of carbonyl (C=O) groups is 3. The quantitative estimate of drug-likeness (QED) is 0.0399. The molecule has 0 aliphatic rings. The van der Waals surface area contributed by atoms with E-state index in [9.17, 15) is 14.4 Å². The van der Waals surface area contributed by atoms with Gasteiger partial charge in [-0.2, -0.15) is 0 Å². The highest BCUT2D eigenvalue weighted by atomic mass is 16.5. The third-order valence-electron chi connectivity index (χ3n) is 10.1. The van der Waals surface area contributed by atoms with Crippen LogP contribution >= 0.6 is 0 Å². The molecule has 49 heavy (non-hydrogen) atoms. The Kier molecular flexibility index (Phi) is 33.4. The maximum absolute atomic E-state index is 13.4. The number of ether oxygens (including phenoxy) is 1. The lowest BCUT2D eigenvalue weighted by Gasteiger charge is -2.33. The van der Waals surface area contributed by atoms with Crippen LogP contribution < -0.4 is 5.73 Å². The maximum Gasteiger partial charge on any atom is 0.305 e. The Labute approximate surface area is 304 Å². The van der Waals surface area contributed by atoms with Gasteiger partial charge in [0.25, 0.3) is 0 Å². The predicted molar refractivity (Wildman–Crippen MR) is 211 cm³/mol. The number of nitrogens with two attached hydrogens (primary N) is 1. The van der Waals surface area contributed by atoms with Gasteiger partial charge in [0.1, 0.15) is 11.6 Å². The van der Waals surface area contributed by atoms with Crippen molar-refractivity contribution < 1.29 is 19.1 Å². The number of methoxy groups -OCH3 is 1. The van der Waals surface area contributed by atoms with E-state index in [1.54, 1.807) is 0 Å². The van der Waals surface area contributed by atoms with E-state index >= 15 is 0 Å². The highest BCUT2D eigenvalue weighted by molar-refractivity contribution is 5.89. The first-order valence-corrected chi connectivity index (χ1v) is 21.0. The van der Waals surface area contributed by atoms with E-state index in [0.29, 0.717) is 19.3 Å². The Balaban J connectivity index is 4.34. The summed E-state index contributed by atoms with van der Waals surface area (Å²) in [5, 5.41) is 0. The van der Waals surface area contributed by atoms with Gasteiger partial charge in [-0.15, -0.1) is 0 Å². The number of unbranched alkanes of at least 4 members (excludes halogenated alkanes) is 22. The second-order valence-electron chi connectivity index (χ2n) is 15.0. The SMILES string of the molecule is CCCCCCCC/C=C\CCCCCCCC(=O)CC(C(=O)CCCCCCC/C=C\CCCCCCCC)C(C)(N)CCC(=O)OC. The monoisotopic (exact) mass is 688 g/mol. The van der Waals surface area contributed by atoms with Crippen molar-refractivity contribution >= 4 is 17.5 Å². The van der Waals surface area contributed by atoms with Crippen molar-refractivity contribution in [2.24, 2.45) is 11.7 Å². The molecule has 5 heteroatoms. The van der Waals surface area contributed by atoms with Gasteiger partial charge in [-0.3, -0.25) is 14.4 Å². The summed E-state index contributed by atoms with van der Waals surface area (Å²) < 4.78 is 4.81. The molecule has 0 aliphatic heterocycles. The van der Waals surface area contributed by atoms with Crippen molar-refractivity contribution in [3.63, 3.8) is 0 Å². The molecule has 0 saturated heterocycles. The van der Waals surface area contributed by atoms with Gasteiger partial charge in [0.2, 0.25) is 0 Å². The number of carbonyl (C=O) groups excluding carboxylic acids is 3. The van der Waals surface area contributed by atoms with Crippen LogP contribution in [0, 0.1) is 5.92 Å². The molecule has 0 fully saturated rings. The number of rotatable bonds is 37. The normalized spacial score (nSPS) is 13.7. The van der Waals surface area contributed by atoms with Crippen molar-refractivity contribution in [3.05, 3.63) is 24.3 Å². The van der Waals surface area contributed by atoms with E-state index in [-0.39, 0.29) is 30.4 Å². The summed E-state index contributed by atoms with van der Waals surface area (Å²) in [4.78, 5) is 38.3. The van der Waals surface area contributed by atoms with Gasteiger partial charge < -0.3 is 10.5 Å². The molecule has 0 aromatic rings. The fraction of sp³-hybridized carbons (Fsp3) is 0.841. The molecule has 0 aromatic heterocycles. The molecule has 0 saturated carbocycles. The highest BCUT2D eigenvalue weighted by Crippen LogP contribution is 2.28. The lowest BCUT2D eigenvalue weighted by molar-refractivity contribution is -0.141. The molecular weight excluding hydrogens is 606 g/mol. The Morgan fingerprint density at radius 3 is 1.33 bits per heavy atom. The maximum atomic E-state index is 13.4. The van der Waals surface area contributed by atoms with E-state index < -0.39 is 11.5 Å². The molecule has 286 valence electrons. The zero-order valence-corrected chi connectivity index (χ0v) is 33.0. The van der Waals surface area contributed by atoms with E-state index in [1.165, 1.54) is 123 Å². The largest absolute Gasteiger partial charge is 0.469 e. The summed E-state index contributed by atoms with van der Waals surface area (Å²) in [5.74, 6) is -0.690. The smallest absolute Gasteiger partial charge is 0.305 e. The fourth-order valence-electron chi connectivity index (χ4n) is 6.63. The van der Waals surface area contributed by atoms with Gasteiger partial charge in [-0.1, -0.05) is 141 Å². The highest BCUT2D eigenvalue weighted by Gasteiger charge is 2.36. The minimum Gasteiger partial charge on any atom is -0.469 e. The molecular formula is C44H81NO4. The van der Waals surface area contributed by atoms with Crippen LogP contribution in [0.5, 0.6) is 0 Å². The Hall–Kier alpha value is -1.75. The number of esters is 1. The molecule has 0 spiro atoms. The molecule has 0 aromatic carbocycles. The van der Waals surface area contributed by atoms with E-state index in [4.69, 9.17) is 10.5 Å². The van der Waals surface area contributed by atoms with Crippen LogP contribution in [0.4, 0.5) is 0 Å². The number of ketones is 2. The van der Waals surface area contributed by atoms with Gasteiger partial charge >= 0.3 is 5.97 Å². The van der Waals surface area contributed by atoms with Crippen LogP contribution in [0.15, 0.2) is 24.3 Å². The van der Waals surface area contributed by atoms with Crippen LogP contribution in [0.3, 0.4) is 0 Å². The lowest BCUT2D eigenvalue weighted by atomic mass is 9.75. The Morgan fingerprint density at radius 1 is 0.551 bits per heavy atom. The molecule has 0 heterocycles. The summed E-state index contributed by atoms with van der Waals surface area (Å²) in [7, 11) is 1.36. The number of allylic oxidation sites excluding steroid dienone is 4. The van der Waals surface area contributed by atoms with Crippen LogP contribution in [-0.4, -0.2) is 30.2 Å². The van der Waals surface area contributed by atoms with Crippen molar-refractivity contribution in [2.75, 3.05) is 7.11 Å². The Morgan fingerprint density at radius 2 is 0.918 bits per heavy atom. The van der Waals surface area contributed by atoms with Crippen LogP contribution in [0.1, 0.15) is 220 Å². The molecule has 2 atom stereocenters. The first-order chi connectivity index (χ1) is 23.8. The van der Waals surface area contributed by atoms with Crippen molar-refractivity contribution in [2.45, 2.75) is 225 Å². The zero-order valence-electron chi connectivity index (χ0n) is 33.0. The third-order valence-corrected chi connectivity index (χ3v) is 10.1. The van der Waals surface area contributed by atoms with Crippen LogP contribution in [0.2, 0.25) is 0 Å². The second-order valence-corrected chi connectivity index (χ2v) is 15.0. The first kappa shape index (κ1) is 47.2. The minimum atomic E-state index is -0.911. The molecule has 0 aliphatic carbocycles. The Bertz CT molecular complexity index is 846.